The van der Waals surface area contributed by atoms with Crippen molar-refractivity contribution in [1.82, 2.24) is 10.1 Å². The number of ether oxygens (including phenoxy) is 1. The SMILES string of the molecule is CCCC(N)Cc1nc(COCC)no1. The van der Waals surface area contributed by atoms with Gasteiger partial charge in [0.2, 0.25) is 5.89 Å². The number of hydrogen-bond donors (Lipinski definition) is 1. The predicted molar refractivity (Wildman–Crippen MR) is 56.2 cm³/mol. The lowest BCUT2D eigenvalue weighted by molar-refractivity contribution is 0.126. The van der Waals surface area contributed by atoms with Gasteiger partial charge < -0.3 is 15.0 Å². The molecule has 2 N–H and O–H groups in total. The van der Waals surface area contributed by atoms with Gasteiger partial charge in [0.05, 0.1) is 0 Å². The van der Waals surface area contributed by atoms with Crippen LogP contribution >= 0.6 is 0 Å². The first-order chi connectivity index (χ1) is 7.26. The third kappa shape index (κ3) is 4.40. The second-order valence-electron chi connectivity index (χ2n) is 3.49. The van der Waals surface area contributed by atoms with E-state index in [1.807, 2.05) is 6.92 Å². The van der Waals surface area contributed by atoms with Gasteiger partial charge in [-0.15, -0.1) is 0 Å². The molecule has 0 radical (unpaired) electrons. The Bertz CT molecular complexity index is 275. The summed E-state index contributed by atoms with van der Waals surface area (Å²) in [4.78, 5) is 4.19. The van der Waals surface area contributed by atoms with Crippen molar-refractivity contribution in [3.63, 3.8) is 0 Å². The fourth-order valence-corrected chi connectivity index (χ4v) is 1.32. The molecule has 0 aromatic carbocycles. The normalized spacial score (nSPS) is 13.0. The van der Waals surface area contributed by atoms with Crippen LogP contribution in [-0.4, -0.2) is 22.8 Å². The molecule has 0 saturated carbocycles. The first-order valence-electron chi connectivity index (χ1n) is 5.41. The summed E-state index contributed by atoms with van der Waals surface area (Å²) in [5.41, 5.74) is 5.87. The molecule has 0 bridgehead atoms. The minimum absolute atomic E-state index is 0.107. The summed E-state index contributed by atoms with van der Waals surface area (Å²) < 4.78 is 10.2. The number of nitrogens with zero attached hydrogens (tertiary/aromatic N) is 2. The van der Waals surface area contributed by atoms with Crippen molar-refractivity contribution >= 4 is 0 Å². The Morgan fingerprint density at radius 3 is 2.93 bits per heavy atom. The molecule has 5 nitrogen and oxygen atoms in total. The third-order valence-corrected chi connectivity index (χ3v) is 2.04. The van der Waals surface area contributed by atoms with E-state index in [1.54, 1.807) is 0 Å². The second-order valence-corrected chi connectivity index (χ2v) is 3.49. The van der Waals surface area contributed by atoms with E-state index in [4.69, 9.17) is 15.0 Å². The molecule has 1 unspecified atom stereocenters. The molecular weight excluding hydrogens is 194 g/mol. The monoisotopic (exact) mass is 213 g/mol. The van der Waals surface area contributed by atoms with Gasteiger partial charge in [0.1, 0.15) is 6.61 Å². The first-order valence-corrected chi connectivity index (χ1v) is 5.41. The quantitative estimate of drug-likeness (QED) is 0.738. The van der Waals surface area contributed by atoms with Gasteiger partial charge in [0, 0.05) is 19.1 Å². The summed E-state index contributed by atoms with van der Waals surface area (Å²) in [6.07, 6.45) is 2.69. The van der Waals surface area contributed by atoms with Crippen molar-refractivity contribution < 1.29 is 9.26 Å². The maximum Gasteiger partial charge on any atom is 0.228 e. The molecule has 0 spiro atoms. The Morgan fingerprint density at radius 1 is 1.47 bits per heavy atom. The van der Waals surface area contributed by atoms with Gasteiger partial charge in [0.25, 0.3) is 0 Å². The largest absolute Gasteiger partial charge is 0.374 e. The van der Waals surface area contributed by atoms with Crippen molar-refractivity contribution in [2.45, 2.75) is 45.8 Å². The zero-order chi connectivity index (χ0) is 11.1. The number of aromatic nitrogens is 2. The first kappa shape index (κ1) is 12.1. The topological polar surface area (TPSA) is 74.2 Å². The van der Waals surface area contributed by atoms with Crippen LogP contribution in [0.3, 0.4) is 0 Å². The molecule has 0 aliphatic heterocycles. The van der Waals surface area contributed by atoms with Crippen molar-refractivity contribution in [1.29, 1.82) is 0 Å². The van der Waals surface area contributed by atoms with Gasteiger partial charge in [-0.1, -0.05) is 18.5 Å². The Morgan fingerprint density at radius 2 is 2.27 bits per heavy atom. The van der Waals surface area contributed by atoms with E-state index in [0.29, 0.717) is 31.3 Å². The van der Waals surface area contributed by atoms with E-state index in [0.717, 1.165) is 12.8 Å². The predicted octanol–water partition coefficient (Wildman–Crippen LogP) is 1.28. The van der Waals surface area contributed by atoms with Crippen molar-refractivity contribution in [3.05, 3.63) is 11.7 Å². The highest BCUT2D eigenvalue weighted by Gasteiger charge is 2.10. The average Bonchev–Trinajstić information content (AvgIpc) is 2.63. The van der Waals surface area contributed by atoms with Crippen molar-refractivity contribution in [3.8, 4) is 0 Å². The highest BCUT2D eigenvalue weighted by atomic mass is 16.5. The molecule has 0 saturated heterocycles. The molecule has 1 aromatic rings. The summed E-state index contributed by atoms with van der Waals surface area (Å²) in [6.45, 7) is 5.09. The molecule has 86 valence electrons. The van der Waals surface area contributed by atoms with Gasteiger partial charge in [0.15, 0.2) is 5.82 Å². The molecule has 5 heteroatoms. The molecule has 1 heterocycles. The maximum atomic E-state index is 5.87. The van der Waals surface area contributed by atoms with Crippen molar-refractivity contribution in [2.75, 3.05) is 6.61 Å². The third-order valence-electron chi connectivity index (χ3n) is 2.04. The maximum absolute atomic E-state index is 5.87. The van der Waals surface area contributed by atoms with Crippen LogP contribution < -0.4 is 5.73 Å². The summed E-state index contributed by atoms with van der Waals surface area (Å²) in [5.74, 6) is 1.20. The minimum Gasteiger partial charge on any atom is -0.374 e. The van der Waals surface area contributed by atoms with E-state index in [-0.39, 0.29) is 6.04 Å². The molecule has 1 atom stereocenters. The second kappa shape index (κ2) is 6.53. The highest BCUT2D eigenvalue weighted by Crippen LogP contribution is 2.04. The van der Waals surface area contributed by atoms with Crippen LogP contribution in [0.15, 0.2) is 4.52 Å². The number of rotatable bonds is 7. The number of hydrogen-bond acceptors (Lipinski definition) is 5. The zero-order valence-electron chi connectivity index (χ0n) is 9.40. The molecule has 1 rings (SSSR count). The fraction of sp³-hybridized carbons (Fsp3) is 0.800. The Balaban J connectivity index is 2.38. The summed E-state index contributed by atoms with van der Waals surface area (Å²) in [7, 11) is 0. The average molecular weight is 213 g/mol. The van der Waals surface area contributed by atoms with Crippen LogP contribution in [0.5, 0.6) is 0 Å². The molecule has 1 aromatic heterocycles. The van der Waals surface area contributed by atoms with Crippen LogP contribution in [0.25, 0.3) is 0 Å². The van der Waals surface area contributed by atoms with Crippen LogP contribution in [0.4, 0.5) is 0 Å². The van der Waals surface area contributed by atoms with Gasteiger partial charge in [-0.2, -0.15) is 4.98 Å². The molecule has 0 aliphatic carbocycles. The standard InChI is InChI=1S/C10H19N3O2/c1-3-5-8(11)6-10-12-9(13-15-10)7-14-4-2/h8H,3-7,11H2,1-2H3. The fourth-order valence-electron chi connectivity index (χ4n) is 1.32. The minimum atomic E-state index is 0.107. The number of nitrogens with two attached hydrogens (primary N) is 1. The van der Waals surface area contributed by atoms with Crippen LogP contribution in [0.2, 0.25) is 0 Å². The zero-order valence-corrected chi connectivity index (χ0v) is 9.40. The Labute approximate surface area is 90.0 Å². The van der Waals surface area contributed by atoms with E-state index < -0.39 is 0 Å². The lowest BCUT2D eigenvalue weighted by Gasteiger charge is -2.05. The van der Waals surface area contributed by atoms with Crippen LogP contribution in [-0.2, 0) is 17.8 Å². The van der Waals surface area contributed by atoms with Crippen LogP contribution in [0, 0.1) is 0 Å². The van der Waals surface area contributed by atoms with Gasteiger partial charge in [-0.3, -0.25) is 0 Å². The lowest BCUT2D eigenvalue weighted by atomic mass is 10.1. The van der Waals surface area contributed by atoms with E-state index >= 15 is 0 Å². The molecule has 0 amide bonds. The van der Waals surface area contributed by atoms with Crippen molar-refractivity contribution in [2.24, 2.45) is 5.73 Å². The summed E-state index contributed by atoms with van der Waals surface area (Å²) in [6, 6.07) is 0.107. The Hall–Kier alpha value is -0.940. The lowest BCUT2D eigenvalue weighted by Crippen LogP contribution is -2.22. The smallest absolute Gasteiger partial charge is 0.228 e. The van der Waals surface area contributed by atoms with E-state index in [9.17, 15) is 0 Å². The van der Waals surface area contributed by atoms with Gasteiger partial charge in [-0.25, -0.2) is 0 Å². The van der Waals surface area contributed by atoms with Gasteiger partial charge in [-0.05, 0) is 13.3 Å². The molecule has 0 fully saturated rings. The molecule has 0 aliphatic rings. The van der Waals surface area contributed by atoms with E-state index in [2.05, 4.69) is 17.1 Å². The van der Waals surface area contributed by atoms with Crippen LogP contribution in [0.1, 0.15) is 38.4 Å². The summed E-state index contributed by atoms with van der Waals surface area (Å²) >= 11 is 0. The van der Waals surface area contributed by atoms with E-state index in [1.165, 1.54) is 0 Å². The molecular formula is C10H19N3O2. The molecule has 15 heavy (non-hydrogen) atoms. The summed E-state index contributed by atoms with van der Waals surface area (Å²) in [5, 5.41) is 3.80. The van der Waals surface area contributed by atoms with Gasteiger partial charge >= 0.3 is 0 Å². The Kier molecular flexibility index (Phi) is 5.28. The highest BCUT2D eigenvalue weighted by molar-refractivity contribution is 4.87.